The number of carbonyl (C=O) groups excluding carboxylic acids is 1. The van der Waals surface area contributed by atoms with Crippen LogP contribution in [0.3, 0.4) is 0 Å². The van der Waals surface area contributed by atoms with Gasteiger partial charge in [0.15, 0.2) is 5.13 Å². The van der Waals surface area contributed by atoms with E-state index in [-0.39, 0.29) is 16.3 Å². The lowest BCUT2D eigenvalue weighted by molar-refractivity contribution is -0.137. The zero-order valence-electron chi connectivity index (χ0n) is 15.8. The second kappa shape index (κ2) is 8.45. The van der Waals surface area contributed by atoms with Gasteiger partial charge < -0.3 is 16.0 Å². The number of anilines is 3. The second-order valence-electron chi connectivity index (χ2n) is 6.52. The number of carbonyl (C=O) groups is 1. The average Bonchev–Trinajstić information content (AvgIpc) is 3.37. The minimum absolute atomic E-state index is 0.00302. The quantitative estimate of drug-likeness (QED) is 0.276. The van der Waals surface area contributed by atoms with Crippen molar-refractivity contribution in [1.29, 1.82) is 0 Å². The predicted molar refractivity (Wildman–Crippen MR) is 119 cm³/mol. The van der Waals surface area contributed by atoms with Gasteiger partial charge in [-0.1, -0.05) is 34.5 Å². The van der Waals surface area contributed by atoms with Crippen molar-refractivity contribution in [1.82, 2.24) is 15.0 Å². The zero-order valence-corrected chi connectivity index (χ0v) is 18.1. The SMILES string of the molecule is Nc1nc(Nc2ccc(-c3ncc[nH]3)cc2)sc1C(=O)c1c(Cl)cc(C(F)(F)F)cc1Cl. The number of alkyl halides is 3. The van der Waals surface area contributed by atoms with Crippen molar-refractivity contribution in [3.8, 4) is 11.4 Å². The lowest BCUT2D eigenvalue weighted by Gasteiger charge is -2.11. The molecule has 4 N–H and O–H groups in total. The molecular weight excluding hydrogens is 486 g/mol. The van der Waals surface area contributed by atoms with Crippen molar-refractivity contribution in [2.45, 2.75) is 6.18 Å². The van der Waals surface area contributed by atoms with Crippen LogP contribution < -0.4 is 11.1 Å². The highest BCUT2D eigenvalue weighted by molar-refractivity contribution is 7.18. The first kappa shape index (κ1) is 22.1. The standard InChI is InChI=1S/C20H12Cl2F3N5OS/c21-12-7-10(20(23,24)25)8-13(22)14(12)15(31)16-17(26)30-19(32-16)29-11-3-1-9(2-4-11)18-27-5-6-28-18/h1-8H,26H2,(H,27,28)(H,29,30). The molecule has 0 saturated heterocycles. The molecule has 2 aromatic heterocycles. The number of H-pyrrole nitrogens is 1. The Morgan fingerprint density at radius 3 is 2.34 bits per heavy atom. The summed E-state index contributed by atoms with van der Waals surface area (Å²) in [4.78, 5) is 24.2. The Hall–Kier alpha value is -3.08. The van der Waals surface area contributed by atoms with Crippen LogP contribution in [-0.2, 0) is 6.18 Å². The molecule has 0 aliphatic heterocycles. The average molecular weight is 498 g/mol. The normalized spacial score (nSPS) is 11.5. The summed E-state index contributed by atoms with van der Waals surface area (Å²) in [5.41, 5.74) is 6.11. The molecule has 0 unspecified atom stereocenters. The topological polar surface area (TPSA) is 96.7 Å². The van der Waals surface area contributed by atoms with E-state index in [1.807, 2.05) is 12.1 Å². The molecule has 4 aromatic rings. The van der Waals surface area contributed by atoms with Gasteiger partial charge in [0.1, 0.15) is 16.5 Å². The Labute approximate surface area is 193 Å². The number of nitrogens with zero attached hydrogens (tertiary/aromatic N) is 2. The number of aromatic amines is 1. The van der Waals surface area contributed by atoms with Gasteiger partial charge in [0.2, 0.25) is 5.78 Å². The maximum absolute atomic E-state index is 12.9. The molecule has 0 aliphatic rings. The highest BCUT2D eigenvalue weighted by Gasteiger charge is 2.33. The van der Waals surface area contributed by atoms with Crippen LogP contribution in [0.5, 0.6) is 0 Å². The number of benzene rings is 2. The van der Waals surface area contributed by atoms with Gasteiger partial charge in [0.25, 0.3) is 0 Å². The van der Waals surface area contributed by atoms with Crippen LogP contribution >= 0.6 is 34.5 Å². The molecule has 32 heavy (non-hydrogen) atoms. The molecule has 4 rings (SSSR count). The fourth-order valence-electron chi connectivity index (χ4n) is 2.87. The number of nitrogens with two attached hydrogens (primary N) is 1. The van der Waals surface area contributed by atoms with E-state index in [0.717, 1.165) is 16.9 Å². The minimum Gasteiger partial charge on any atom is -0.382 e. The first-order chi connectivity index (χ1) is 15.1. The summed E-state index contributed by atoms with van der Waals surface area (Å²) in [6.45, 7) is 0. The first-order valence-electron chi connectivity index (χ1n) is 8.87. The summed E-state index contributed by atoms with van der Waals surface area (Å²) < 4.78 is 38.8. The summed E-state index contributed by atoms with van der Waals surface area (Å²) in [5.74, 6) is -0.0973. The Kier molecular flexibility index (Phi) is 5.85. The first-order valence-corrected chi connectivity index (χ1v) is 10.4. The Bertz CT molecular complexity index is 1260. The monoisotopic (exact) mass is 497 g/mol. The molecule has 6 nitrogen and oxygen atoms in total. The van der Waals surface area contributed by atoms with E-state index in [1.54, 1.807) is 24.5 Å². The third-order valence-electron chi connectivity index (χ3n) is 4.36. The van der Waals surface area contributed by atoms with Gasteiger partial charge in [-0.2, -0.15) is 13.2 Å². The van der Waals surface area contributed by atoms with Crippen LogP contribution in [0.1, 0.15) is 20.8 Å². The van der Waals surface area contributed by atoms with Gasteiger partial charge in [0, 0.05) is 23.6 Å². The van der Waals surface area contributed by atoms with Crippen LogP contribution in [0.25, 0.3) is 11.4 Å². The van der Waals surface area contributed by atoms with Crippen LogP contribution in [-0.4, -0.2) is 20.7 Å². The number of hydrogen-bond acceptors (Lipinski definition) is 6. The minimum atomic E-state index is -4.65. The van der Waals surface area contributed by atoms with Crippen molar-refractivity contribution in [2.24, 2.45) is 0 Å². The molecule has 0 fully saturated rings. The molecule has 0 atom stereocenters. The summed E-state index contributed by atoms with van der Waals surface area (Å²) in [6, 6.07) is 8.56. The molecule has 0 spiro atoms. The van der Waals surface area contributed by atoms with Gasteiger partial charge in [-0.3, -0.25) is 4.79 Å². The van der Waals surface area contributed by atoms with Gasteiger partial charge >= 0.3 is 6.18 Å². The molecule has 0 aliphatic carbocycles. The van der Waals surface area contributed by atoms with Gasteiger partial charge in [-0.15, -0.1) is 0 Å². The summed E-state index contributed by atoms with van der Waals surface area (Å²) in [6.07, 6.45) is -1.29. The maximum atomic E-state index is 12.9. The molecule has 2 heterocycles. The number of halogens is 5. The molecule has 2 aromatic carbocycles. The maximum Gasteiger partial charge on any atom is 0.416 e. The van der Waals surface area contributed by atoms with E-state index in [1.165, 1.54) is 0 Å². The largest absolute Gasteiger partial charge is 0.416 e. The second-order valence-corrected chi connectivity index (χ2v) is 8.33. The lowest BCUT2D eigenvalue weighted by atomic mass is 10.1. The lowest BCUT2D eigenvalue weighted by Crippen LogP contribution is -2.09. The molecule has 0 bridgehead atoms. The number of rotatable bonds is 5. The number of imidazole rings is 1. The third kappa shape index (κ3) is 4.43. The van der Waals surface area contributed by atoms with Gasteiger partial charge in [0.05, 0.1) is 21.2 Å². The molecule has 0 radical (unpaired) electrons. The Balaban J connectivity index is 1.58. The fourth-order valence-corrected chi connectivity index (χ4v) is 4.38. The zero-order chi connectivity index (χ0) is 23.0. The van der Waals surface area contributed by atoms with Crippen molar-refractivity contribution in [2.75, 3.05) is 11.1 Å². The van der Waals surface area contributed by atoms with Gasteiger partial charge in [-0.25, -0.2) is 9.97 Å². The van der Waals surface area contributed by atoms with E-state index in [4.69, 9.17) is 28.9 Å². The Morgan fingerprint density at radius 1 is 1.12 bits per heavy atom. The van der Waals surface area contributed by atoms with Crippen LogP contribution in [0.2, 0.25) is 10.0 Å². The number of aromatic nitrogens is 3. The molecule has 0 amide bonds. The van der Waals surface area contributed by atoms with Crippen molar-refractivity contribution in [3.63, 3.8) is 0 Å². The van der Waals surface area contributed by atoms with Crippen LogP contribution in [0.4, 0.5) is 29.8 Å². The van der Waals surface area contributed by atoms with Crippen molar-refractivity contribution in [3.05, 3.63) is 74.8 Å². The van der Waals surface area contributed by atoms with Crippen molar-refractivity contribution >= 4 is 57.0 Å². The van der Waals surface area contributed by atoms with E-state index < -0.39 is 27.6 Å². The number of thiazole rings is 1. The summed E-state index contributed by atoms with van der Waals surface area (Å²) in [5, 5.41) is 2.50. The van der Waals surface area contributed by atoms with E-state index in [2.05, 4.69) is 20.3 Å². The van der Waals surface area contributed by atoms with E-state index in [9.17, 15) is 18.0 Å². The highest BCUT2D eigenvalue weighted by Crippen LogP contribution is 2.38. The smallest absolute Gasteiger partial charge is 0.382 e. The van der Waals surface area contributed by atoms with Crippen molar-refractivity contribution < 1.29 is 18.0 Å². The number of nitrogen functional groups attached to an aromatic ring is 1. The molecule has 164 valence electrons. The Morgan fingerprint density at radius 2 is 1.78 bits per heavy atom. The van der Waals surface area contributed by atoms with Crippen LogP contribution in [0, 0.1) is 0 Å². The van der Waals surface area contributed by atoms with Crippen LogP contribution in [0.15, 0.2) is 48.8 Å². The van der Waals surface area contributed by atoms with E-state index in [0.29, 0.717) is 28.8 Å². The summed E-state index contributed by atoms with van der Waals surface area (Å²) in [7, 11) is 0. The number of ketones is 1. The third-order valence-corrected chi connectivity index (χ3v) is 5.95. The molecular formula is C20H12Cl2F3N5OS. The molecule has 0 saturated carbocycles. The van der Waals surface area contributed by atoms with Gasteiger partial charge in [-0.05, 0) is 36.4 Å². The fraction of sp³-hybridized carbons (Fsp3) is 0.0500. The highest BCUT2D eigenvalue weighted by atomic mass is 35.5. The number of hydrogen-bond donors (Lipinski definition) is 3. The predicted octanol–water partition coefficient (Wildman–Crippen LogP) is 6.42. The van der Waals surface area contributed by atoms with E-state index >= 15 is 0 Å². The number of nitrogens with one attached hydrogen (secondary N) is 2. The summed E-state index contributed by atoms with van der Waals surface area (Å²) >= 11 is 12.8. The molecule has 12 heteroatoms.